The molecule has 114 valence electrons. The highest BCUT2D eigenvalue weighted by atomic mass is 19.2. The number of halogens is 2. The molecule has 1 atom stereocenters. The maximum atomic E-state index is 13.2. The SMILES string of the molecule is O=C(NCCC1CCOC1)c1cc(F)c(F)cc1[N+](=O)[O-]. The van der Waals surface area contributed by atoms with E-state index in [-0.39, 0.29) is 0 Å². The smallest absolute Gasteiger partial charge is 0.285 e. The average molecular weight is 300 g/mol. The number of nitrogens with zero attached hydrogens (tertiary/aromatic N) is 1. The lowest BCUT2D eigenvalue weighted by Crippen LogP contribution is -2.27. The molecule has 1 aromatic carbocycles. The highest BCUT2D eigenvalue weighted by Crippen LogP contribution is 2.22. The quantitative estimate of drug-likeness (QED) is 0.666. The van der Waals surface area contributed by atoms with Crippen LogP contribution in [0.5, 0.6) is 0 Å². The van der Waals surface area contributed by atoms with Crippen LogP contribution in [0.25, 0.3) is 0 Å². The summed E-state index contributed by atoms with van der Waals surface area (Å²) in [5.74, 6) is -3.11. The van der Waals surface area contributed by atoms with Gasteiger partial charge in [-0.05, 0) is 24.8 Å². The fraction of sp³-hybridized carbons (Fsp3) is 0.462. The van der Waals surface area contributed by atoms with Crippen LogP contribution in [0.3, 0.4) is 0 Å². The van der Waals surface area contributed by atoms with Crippen LogP contribution >= 0.6 is 0 Å². The van der Waals surface area contributed by atoms with Crippen LogP contribution in [0.2, 0.25) is 0 Å². The molecule has 1 unspecified atom stereocenters. The van der Waals surface area contributed by atoms with Gasteiger partial charge < -0.3 is 10.1 Å². The summed E-state index contributed by atoms with van der Waals surface area (Å²) in [6, 6.07) is 0.955. The van der Waals surface area contributed by atoms with Crippen molar-refractivity contribution in [3.8, 4) is 0 Å². The molecule has 0 spiro atoms. The van der Waals surface area contributed by atoms with Gasteiger partial charge >= 0.3 is 0 Å². The lowest BCUT2D eigenvalue weighted by molar-refractivity contribution is -0.385. The summed E-state index contributed by atoms with van der Waals surface area (Å²) >= 11 is 0. The first-order chi connectivity index (χ1) is 9.99. The van der Waals surface area contributed by atoms with Crippen LogP contribution < -0.4 is 5.32 Å². The summed E-state index contributed by atoms with van der Waals surface area (Å²) in [7, 11) is 0. The Labute approximate surface area is 119 Å². The van der Waals surface area contributed by atoms with Crippen LogP contribution in [0.15, 0.2) is 12.1 Å². The average Bonchev–Trinajstić information content (AvgIpc) is 2.94. The Balaban J connectivity index is 2.03. The van der Waals surface area contributed by atoms with Gasteiger partial charge in [0.05, 0.1) is 11.0 Å². The molecule has 1 saturated heterocycles. The number of hydrogen-bond donors (Lipinski definition) is 1. The van der Waals surface area contributed by atoms with Crippen molar-refractivity contribution in [1.82, 2.24) is 5.32 Å². The van der Waals surface area contributed by atoms with Crippen molar-refractivity contribution >= 4 is 11.6 Å². The Kier molecular flexibility index (Phi) is 4.79. The number of carbonyl (C=O) groups excluding carboxylic acids is 1. The molecule has 0 saturated carbocycles. The van der Waals surface area contributed by atoms with E-state index in [9.17, 15) is 23.7 Å². The van der Waals surface area contributed by atoms with E-state index in [4.69, 9.17) is 4.74 Å². The molecule has 21 heavy (non-hydrogen) atoms. The molecule has 1 aliphatic heterocycles. The molecule has 1 N–H and O–H groups in total. The third kappa shape index (κ3) is 3.72. The van der Waals surface area contributed by atoms with Crippen molar-refractivity contribution in [2.24, 2.45) is 5.92 Å². The van der Waals surface area contributed by atoms with E-state index >= 15 is 0 Å². The van der Waals surface area contributed by atoms with Gasteiger partial charge in [-0.2, -0.15) is 0 Å². The van der Waals surface area contributed by atoms with Crippen molar-refractivity contribution < 1.29 is 23.2 Å². The number of rotatable bonds is 5. The third-order valence-corrected chi connectivity index (χ3v) is 3.34. The van der Waals surface area contributed by atoms with Crippen molar-refractivity contribution in [1.29, 1.82) is 0 Å². The molecule has 1 aliphatic rings. The van der Waals surface area contributed by atoms with Crippen molar-refractivity contribution in [3.05, 3.63) is 39.4 Å². The molecule has 1 fully saturated rings. The Morgan fingerprint density at radius 1 is 1.43 bits per heavy atom. The zero-order valence-electron chi connectivity index (χ0n) is 11.1. The second kappa shape index (κ2) is 6.57. The molecular weight excluding hydrogens is 286 g/mol. The standard InChI is InChI=1S/C13H14F2N2O4/c14-10-5-9(12(17(19)20)6-11(10)15)13(18)16-3-1-8-2-4-21-7-8/h5-6,8H,1-4,7H2,(H,16,18). The van der Waals surface area contributed by atoms with E-state index in [0.717, 1.165) is 6.42 Å². The van der Waals surface area contributed by atoms with E-state index in [2.05, 4.69) is 5.32 Å². The third-order valence-electron chi connectivity index (χ3n) is 3.34. The van der Waals surface area contributed by atoms with Gasteiger partial charge in [0.1, 0.15) is 5.56 Å². The second-order valence-corrected chi connectivity index (χ2v) is 4.81. The van der Waals surface area contributed by atoms with E-state index < -0.39 is 33.7 Å². The normalized spacial score (nSPS) is 17.7. The summed E-state index contributed by atoms with van der Waals surface area (Å²) in [5, 5.41) is 13.3. The Morgan fingerprint density at radius 3 is 2.76 bits per heavy atom. The van der Waals surface area contributed by atoms with Gasteiger partial charge in [-0.15, -0.1) is 0 Å². The number of amides is 1. The fourth-order valence-corrected chi connectivity index (χ4v) is 2.17. The Bertz CT molecular complexity index is 559. The summed E-state index contributed by atoms with van der Waals surface area (Å²) in [6.07, 6.45) is 1.57. The summed E-state index contributed by atoms with van der Waals surface area (Å²) in [6.45, 7) is 1.61. The van der Waals surface area contributed by atoms with Crippen LogP contribution in [0, 0.1) is 27.7 Å². The van der Waals surface area contributed by atoms with Crippen LogP contribution in [0.4, 0.5) is 14.5 Å². The number of hydrogen-bond acceptors (Lipinski definition) is 4. The zero-order chi connectivity index (χ0) is 15.4. The monoisotopic (exact) mass is 300 g/mol. The van der Waals surface area contributed by atoms with E-state index in [0.29, 0.717) is 44.2 Å². The minimum absolute atomic E-state index is 0.295. The zero-order valence-corrected chi connectivity index (χ0v) is 11.1. The number of nitro benzene ring substituents is 1. The van der Waals surface area contributed by atoms with Gasteiger partial charge in [0.2, 0.25) is 0 Å². The van der Waals surface area contributed by atoms with Gasteiger partial charge in [-0.3, -0.25) is 14.9 Å². The number of nitro groups is 1. The first-order valence-electron chi connectivity index (χ1n) is 6.48. The Morgan fingerprint density at radius 2 is 2.14 bits per heavy atom. The molecule has 8 heteroatoms. The van der Waals surface area contributed by atoms with E-state index in [1.54, 1.807) is 0 Å². The Hall–Kier alpha value is -2.09. The minimum atomic E-state index is -1.36. The number of carbonyl (C=O) groups is 1. The van der Waals surface area contributed by atoms with E-state index in [1.165, 1.54) is 0 Å². The maximum absolute atomic E-state index is 13.2. The first-order valence-corrected chi connectivity index (χ1v) is 6.48. The van der Waals surface area contributed by atoms with Crippen LogP contribution in [0.1, 0.15) is 23.2 Å². The topological polar surface area (TPSA) is 81.5 Å². The van der Waals surface area contributed by atoms with Crippen molar-refractivity contribution in [2.75, 3.05) is 19.8 Å². The van der Waals surface area contributed by atoms with Crippen molar-refractivity contribution in [3.63, 3.8) is 0 Å². The molecule has 0 bridgehead atoms. The van der Waals surface area contributed by atoms with Gasteiger partial charge in [-0.25, -0.2) is 8.78 Å². The molecule has 2 rings (SSSR count). The maximum Gasteiger partial charge on any atom is 0.285 e. The number of benzene rings is 1. The van der Waals surface area contributed by atoms with E-state index in [1.807, 2.05) is 0 Å². The molecule has 0 aromatic heterocycles. The van der Waals surface area contributed by atoms with Gasteiger partial charge in [0.15, 0.2) is 11.6 Å². The van der Waals surface area contributed by atoms with Gasteiger partial charge in [0, 0.05) is 19.8 Å². The van der Waals surface area contributed by atoms with Crippen molar-refractivity contribution in [2.45, 2.75) is 12.8 Å². The van der Waals surface area contributed by atoms with Crippen LogP contribution in [-0.4, -0.2) is 30.6 Å². The molecule has 1 amide bonds. The predicted octanol–water partition coefficient (Wildman–Crippen LogP) is 2.03. The molecule has 0 radical (unpaired) electrons. The van der Waals surface area contributed by atoms with Gasteiger partial charge in [0.25, 0.3) is 11.6 Å². The lowest BCUT2D eigenvalue weighted by atomic mass is 10.1. The molecule has 0 aliphatic carbocycles. The fourth-order valence-electron chi connectivity index (χ4n) is 2.17. The largest absolute Gasteiger partial charge is 0.381 e. The molecule has 1 heterocycles. The second-order valence-electron chi connectivity index (χ2n) is 4.81. The van der Waals surface area contributed by atoms with Crippen LogP contribution in [-0.2, 0) is 4.74 Å². The summed E-state index contributed by atoms with van der Waals surface area (Å²) in [4.78, 5) is 21.7. The predicted molar refractivity (Wildman–Crippen MR) is 68.9 cm³/mol. The highest BCUT2D eigenvalue weighted by molar-refractivity contribution is 5.98. The number of ether oxygens (including phenoxy) is 1. The van der Waals surface area contributed by atoms with Gasteiger partial charge in [-0.1, -0.05) is 0 Å². The lowest BCUT2D eigenvalue weighted by Gasteiger charge is -2.09. The molecule has 6 nitrogen and oxygen atoms in total. The highest BCUT2D eigenvalue weighted by Gasteiger charge is 2.24. The summed E-state index contributed by atoms with van der Waals surface area (Å²) < 4.78 is 31.4. The molecular formula is C13H14F2N2O4. The minimum Gasteiger partial charge on any atom is -0.381 e. The summed E-state index contributed by atoms with van der Waals surface area (Å²) in [5.41, 5.74) is -1.24. The first kappa shape index (κ1) is 15.3. The number of nitrogens with one attached hydrogen (secondary N) is 1. The molecule has 1 aromatic rings.